The molecule has 2 rings (SSSR count). The standard InChI is InChI=1S/C16H17BrClN3O2/c17-12-6-7-15(22)21(11-12)9-2-1-8-19-16(23)20-14-5-3-4-13(18)10-14/h3-7,10-11H,1-2,8-9H2,(H2,19,20,23). The first-order chi connectivity index (χ1) is 11.0. The molecule has 7 heteroatoms. The van der Waals surface area contributed by atoms with E-state index in [9.17, 15) is 9.59 Å². The summed E-state index contributed by atoms with van der Waals surface area (Å²) in [7, 11) is 0. The summed E-state index contributed by atoms with van der Waals surface area (Å²) in [5.74, 6) is 0. The van der Waals surface area contributed by atoms with Gasteiger partial charge in [-0.2, -0.15) is 0 Å². The number of unbranched alkanes of at least 4 members (excludes halogenated alkanes) is 1. The Bertz CT molecular complexity index is 733. The van der Waals surface area contributed by atoms with Crippen LogP contribution in [0.1, 0.15) is 12.8 Å². The van der Waals surface area contributed by atoms with E-state index in [1.807, 2.05) is 0 Å². The summed E-state index contributed by atoms with van der Waals surface area (Å²) in [6, 6.07) is 9.95. The monoisotopic (exact) mass is 397 g/mol. The molecule has 0 aliphatic carbocycles. The second kappa shape index (κ2) is 8.74. The van der Waals surface area contributed by atoms with Crippen molar-refractivity contribution in [2.75, 3.05) is 11.9 Å². The summed E-state index contributed by atoms with van der Waals surface area (Å²) in [5, 5.41) is 6.06. The van der Waals surface area contributed by atoms with Crippen LogP contribution in [0.3, 0.4) is 0 Å². The molecule has 0 spiro atoms. The van der Waals surface area contributed by atoms with Gasteiger partial charge in [0, 0.05) is 40.5 Å². The summed E-state index contributed by atoms with van der Waals surface area (Å²) in [4.78, 5) is 23.4. The van der Waals surface area contributed by atoms with Crippen molar-refractivity contribution < 1.29 is 4.79 Å². The van der Waals surface area contributed by atoms with E-state index in [1.165, 1.54) is 6.07 Å². The van der Waals surface area contributed by atoms with Gasteiger partial charge in [-0.15, -0.1) is 0 Å². The molecule has 23 heavy (non-hydrogen) atoms. The van der Waals surface area contributed by atoms with E-state index in [4.69, 9.17) is 11.6 Å². The molecule has 0 fully saturated rings. The minimum Gasteiger partial charge on any atom is -0.338 e. The molecular weight excluding hydrogens is 382 g/mol. The van der Waals surface area contributed by atoms with Crippen LogP contribution in [0.4, 0.5) is 10.5 Å². The Morgan fingerprint density at radius 3 is 2.83 bits per heavy atom. The number of aromatic nitrogens is 1. The van der Waals surface area contributed by atoms with Gasteiger partial charge in [0.25, 0.3) is 5.56 Å². The third kappa shape index (κ3) is 6.08. The van der Waals surface area contributed by atoms with E-state index in [2.05, 4.69) is 26.6 Å². The van der Waals surface area contributed by atoms with Gasteiger partial charge in [0.2, 0.25) is 0 Å². The number of urea groups is 1. The molecule has 0 radical (unpaired) electrons. The minimum absolute atomic E-state index is 0.0279. The van der Waals surface area contributed by atoms with Gasteiger partial charge in [-0.25, -0.2) is 4.79 Å². The normalized spacial score (nSPS) is 10.3. The van der Waals surface area contributed by atoms with E-state index in [0.29, 0.717) is 23.8 Å². The number of nitrogens with zero attached hydrogens (tertiary/aromatic N) is 1. The van der Waals surface area contributed by atoms with Crippen molar-refractivity contribution in [1.82, 2.24) is 9.88 Å². The molecule has 2 N–H and O–H groups in total. The Kier molecular flexibility index (Phi) is 6.67. The molecule has 2 aromatic rings. The largest absolute Gasteiger partial charge is 0.338 e. The van der Waals surface area contributed by atoms with Gasteiger partial charge >= 0.3 is 6.03 Å². The highest BCUT2D eigenvalue weighted by atomic mass is 79.9. The van der Waals surface area contributed by atoms with Crippen molar-refractivity contribution in [1.29, 1.82) is 0 Å². The fraction of sp³-hybridized carbons (Fsp3) is 0.250. The number of aryl methyl sites for hydroxylation is 1. The van der Waals surface area contributed by atoms with Gasteiger partial charge < -0.3 is 15.2 Å². The van der Waals surface area contributed by atoms with Crippen molar-refractivity contribution in [3.05, 3.63) is 62.4 Å². The van der Waals surface area contributed by atoms with E-state index < -0.39 is 0 Å². The average molecular weight is 399 g/mol. The molecule has 122 valence electrons. The second-order valence-corrected chi connectivity index (χ2v) is 6.33. The summed E-state index contributed by atoms with van der Waals surface area (Å²) in [6.45, 7) is 1.16. The summed E-state index contributed by atoms with van der Waals surface area (Å²) in [5.41, 5.74) is 0.621. The third-order valence-corrected chi connectivity index (χ3v) is 3.85. The Hall–Kier alpha value is -1.79. The average Bonchev–Trinajstić information content (AvgIpc) is 2.50. The molecule has 0 atom stereocenters. The van der Waals surface area contributed by atoms with Crippen molar-refractivity contribution in [2.45, 2.75) is 19.4 Å². The van der Waals surface area contributed by atoms with Crippen LogP contribution in [0.5, 0.6) is 0 Å². The molecule has 5 nitrogen and oxygen atoms in total. The van der Waals surface area contributed by atoms with E-state index in [1.54, 1.807) is 41.1 Å². The minimum atomic E-state index is -0.271. The second-order valence-electron chi connectivity index (χ2n) is 4.98. The Morgan fingerprint density at radius 2 is 2.04 bits per heavy atom. The van der Waals surface area contributed by atoms with Gasteiger partial charge in [-0.1, -0.05) is 17.7 Å². The number of halogens is 2. The van der Waals surface area contributed by atoms with Gasteiger partial charge in [0.05, 0.1) is 0 Å². The fourth-order valence-corrected chi connectivity index (χ4v) is 2.60. The predicted octanol–water partition coefficient (Wildman–Crippen LogP) is 3.87. The number of anilines is 1. The van der Waals surface area contributed by atoms with Crippen LogP contribution in [-0.4, -0.2) is 17.1 Å². The SMILES string of the molecule is O=C(NCCCCn1cc(Br)ccc1=O)Nc1cccc(Cl)c1. The maximum Gasteiger partial charge on any atom is 0.319 e. The number of nitrogens with one attached hydrogen (secondary N) is 2. The molecule has 1 aromatic heterocycles. The number of rotatable bonds is 6. The summed E-state index contributed by atoms with van der Waals surface area (Å²) in [6.07, 6.45) is 3.34. The molecule has 2 amide bonds. The van der Waals surface area contributed by atoms with Crippen LogP contribution in [0.15, 0.2) is 51.9 Å². The zero-order valence-corrected chi connectivity index (χ0v) is 14.7. The van der Waals surface area contributed by atoms with Crippen LogP contribution in [-0.2, 0) is 6.54 Å². The Balaban J connectivity index is 1.68. The van der Waals surface area contributed by atoms with Crippen molar-refractivity contribution >= 4 is 39.2 Å². The molecule has 0 aliphatic heterocycles. The van der Waals surface area contributed by atoms with Gasteiger partial charge in [-0.05, 0) is 53.0 Å². The lowest BCUT2D eigenvalue weighted by atomic mass is 10.3. The molecule has 1 aromatic carbocycles. The predicted molar refractivity (Wildman–Crippen MR) is 96.1 cm³/mol. The van der Waals surface area contributed by atoms with Crippen LogP contribution >= 0.6 is 27.5 Å². The zero-order valence-electron chi connectivity index (χ0n) is 12.4. The highest BCUT2D eigenvalue weighted by molar-refractivity contribution is 9.10. The third-order valence-electron chi connectivity index (χ3n) is 3.14. The Morgan fingerprint density at radius 1 is 1.22 bits per heavy atom. The van der Waals surface area contributed by atoms with Gasteiger partial charge in [0.1, 0.15) is 0 Å². The quantitative estimate of drug-likeness (QED) is 0.726. The van der Waals surface area contributed by atoms with Crippen LogP contribution in [0.25, 0.3) is 0 Å². The number of hydrogen-bond acceptors (Lipinski definition) is 2. The van der Waals surface area contributed by atoms with E-state index in [-0.39, 0.29) is 11.6 Å². The fourth-order valence-electron chi connectivity index (χ4n) is 2.03. The number of pyridine rings is 1. The van der Waals surface area contributed by atoms with Crippen molar-refractivity contribution in [3.8, 4) is 0 Å². The lowest BCUT2D eigenvalue weighted by molar-refractivity contribution is 0.252. The number of hydrogen-bond donors (Lipinski definition) is 2. The first-order valence-electron chi connectivity index (χ1n) is 7.21. The molecule has 0 saturated heterocycles. The first kappa shape index (κ1) is 17.6. The van der Waals surface area contributed by atoms with Gasteiger partial charge in [0.15, 0.2) is 0 Å². The molecule has 0 saturated carbocycles. The van der Waals surface area contributed by atoms with Crippen LogP contribution in [0.2, 0.25) is 5.02 Å². The maximum atomic E-state index is 11.7. The van der Waals surface area contributed by atoms with Crippen LogP contribution in [0, 0.1) is 0 Å². The lowest BCUT2D eigenvalue weighted by Gasteiger charge is -2.09. The van der Waals surface area contributed by atoms with E-state index in [0.717, 1.165) is 17.3 Å². The number of carbonyl (C=O) groups is 1. The lowest BCUT2D eigenvalue weighted by Crippen LogP contribution is -2.29. The van der Waals surface area contributed by atoms with Gasteiger partial charge in [-0.3, -0.25) is 4.79 Å². The zero-order chi connectivity index (χ0) is 16.7. The first-order valence-corrected chi connectivity index (χ1v) is 8.38. The summed E-state index contributed by atoms with van der Waals surface area (Å²) < 4.78 is 2.52. The topological polar surface area (TPSA) is 63.1 Å². The highest BCUT2D eigenvalue weighted by Gasteiger charge is 2.02. The number of benzene rings is 1. The van der Waals surface area contributed by atoms with Crippen molar-refractivity contribution in [2.24, 2.45) is 0 Å². The number of amides is 2. The van der Waals surface area contributed by atoms with Crippen molar-refractivity contribution in [3.63, 3.8) is 0 Å². The van der Waals surface area contributed by atoms with E-state index >= 15 is 0 Å². The van der Waals surface area contributed by atoms with Crippen LogP contribution < -0.4 is 16.2 Å². The molecule has 0 aliphatic rings. The Labute approximate surface area is 147 Å². The smallest absolute Gasteiger partial charge is 0.319 e. The molecule has 1 heterocycles. The molecule has 0 unspecified atom stereocenters. The number of carbonyl (C=O) groups excluding carboxylic acids is 1. The summed E-state index contributed by atoms with van der Waals surface area (Å²) >= 11 is 9.19. The maximum absolute atomic E-state index is 11.7. The molecular formula is C16H17BrClN3O2. The highest BCUT2D eigenvalue weighted by Crippen LogP contribution is 2.14. The molecule has 0 bridgehead atoms.